The Morgan fingerprint density at radius 2 is 1.66 bits per heavy atom. The first-order valence-electron chi connectivity index (χ1n) is 15.6. The molecule has 3 fully saturated rings. The molecule has 228 valence electrons. The van der Waals surface area contributed by atoms with Crippen LogP contribution >= 0.6 is 0 Å². The second kappa shape index (κ2) is 12.7. The summed E-state index contributed by atoms with van der Waals surface area (Å²) in [6.07, 6.45) is 5.97. The van der Waals surface area contributed by atoms with Crippen molar-refractivity contribution in [2.45, 2.75) is 116 Å². The van der Waals surface area contributed by atoms with Gasteiger partial charge in [0.05, 0.1) is 11.5 Å². The number of carbonyl (C=O) groups is 3. The maximum absolute atomic E-state index is 13.6. The number of rotatable bonds is 6. The fraction of sp³-hybridized carbons (Fsp3) is 0.727. The molecule has 41 heavy (non-hydrogen) atoms. The van der Waals surface area contributed by atoms with Gasteiger partial charge in [0.2, 0.25) is 11.8 Å². The molecule has 0 radical (unpaired) electrons. The van der Waals surface area contributed by atoms with Crippen LogP contribution in [0.15, 0.2) is 18.2 Å². The molecule has 0 aromatic heterocycles. The molecule has 1 aromatic rings. The van der Waals surface area contributed by atoms with Crippen molar-refractivity contribution in [1.82, 2.24) is 15.1 Å². The van der Waals surface area contributed by atoms with Crippen LogP contribution in [0.4, 0.5) is 4.79 Å². The van der Waals surface area contributed by atoms with Gasteiger partial charge >= 0.3 is 6.09 Å². The van der Waals surface area contributed by atoms with E-state index in [1.54, 1.807) is 4.90 Å². The Morgan fingerprint density at radius 3 is 2.39 bits per heavy atom. The second-order valence-electron chi connectivity index (χ2n) is 14.2. The zero-order valence-corrected chi connectivity index (χ0v) is 26.0. The van der Waals surface area contributed by atoms with Gasteiger partial charge in [0.15, 0.2) is 0 Å². The van der Waals surface area contributed by atoms with Gasteiger partial charge in [0, 0.05) is 38.6 Å². The molecule has 0 spiro atoms. The molecule has 2 bridgehead atoms. The third kappa shape index (κ3) is 8.24. The summed E-state index contributed by atoms with van der Waals surface area (Å²) in [5, 5.41) is 13.6. The summed E-state index contributed by atoms with van der Waals surface area (Å²) in [7, 11) is 0. The van der Waals surface area contributed by atoms with E-state index < -0.39 is 11.0 Å². The largest absolute Gasteiger partial charge is 0.444 e. The van der Waals surface area contributed by atoms with Crippen LogP contribution in [0.2, 0.25) is 0 Å². The standard InChI is InChI=1S/C33H51N3O5/c1-22-16-23(9-11-29(38)35-12-7-13-36(15-14-35)31(40)41-32(2,3)4)19-26(17-22)33(5,6)30(39)34-28-10-8-24-18-25(28)21-27(37)20-24/h16-17,19,24-25,27-28,37H,7-15,18,20-21H2,1-6H3,(H,34,39)/t24?,25-,27+,28-/m1/s1. The minimum Gasteiger partial charge on any atom is -0.444 e. The van der Waals surface area contributed by atoms with Crippen molar-refractivity contribution in [3.05, 3.63) is 34.9 Å². The number of aryl methyl sites for hydroxylation is 2. The second-order valence-corrected chi connectivity index (χ2v) is 14.2. The Kier molecular flexibility index (Phi) is 9.72. The van der Waals surface area contributed by atoms with Gasteiger partial charge in [-0.2, -0.15) is 0 Å². The molecule has 1 aliphatic heterocycles. The van der Waals surface area contributed by atoms with E-state index in [1.807, 2.05) is 46.4 Å². The number of ether oxygens (including phenoxy) is 1. The fourth-order valence-corrected chi connectivity index (χ4v) is 6.79. The average Bonchev–Trinajstić information content (AvgIpc) is 3.14. The van der Waals surface area contributed by atoms with E-state index in [0.717, 1.165) is 55.2 Å². The monoisotopic (exact) mass is 569 g/mol. The number of benzene rings is 1. The van der Waals surface area contributed by atoms with Crippen LogP contribution in [-0.2, 0) is 26.2 Å². The van der Waals surface area contributed by atoms with Crippen molar-refractivity contribution in [1.29, 1.82) is 0 Å². The average molecular weight is 570 g/mol. The van der Waals surface area contributed by atoms with Crippen LogP contribution < -0.4 is 5.32 Å². The van der Waals surface area contributed by atoms with Gasteiger partial charge in [0.1, 0.15) is 5.60 Å². The zero-order chi connectivity index (χ0) is 29.9. The Hall–Kier alpha value is -2.61. The lowest BCUT2D eigenvalue weighted by atomic mass is 9.68. The zero-order valence-electron chi connectivity index (χ0n) is 26.0. The van der Waals surface area contributed by atoms with Crippen LogP contribution in [0, 0.1) is 18.8 Å². The van der Waals surface area contributed by atoms with Gasteiger partial charge in [-0.05, 0) is 109 Å². The number of carbonyl (C=O) groups excluding carboxylic acids is 3. The van der Waals surface area contributed by atoms with Crippen molar-refractivity contribution in [3.63, 3.8) is 0 Å². The summed E-state index contributed by atoms with van der Waals surface area (Å²) in [4.78, 5) is 42.8. The van der Waals surface area contributed by atoms with E-state index >= 15 is 0 Å². The summed E-state index contributed by atoms with van der Waals surface area (Å²) in [6.45, 7) is 13.7. The molecule has 8 nitrogen and oxygen atoms in total. The molecular weight excluding hydrogens is 518 g/mol. The number of nitrogens with zero attached hydrogens (tertiary/aromatic N) is 2. The number of fused-ring (bicyclic) bond motifs is 2. The summed E-state index contributed by atoms with van der Waals surface area (Å²) >= 11 is 0. The molecule has 8 heteroatoms. The number of amides is 3. The molecule has 2 saturated carbocycles. The minimum absolute atomic E-state index is 0.0211. The first kappa shape index (κ1) is 31.3. The van der Waals surface area contributed by atoms with E-state index in [0.29, 0.717) is 50.9 Å². The third-order valence-corrected chi connectivity index (χ3v) is 9.14. The van der Waals surface area contributed by atoms with Crippen molar-refractivity contribution < 1.29 is 24.2 Å². The van der Waals surface area contributed by atoms with Gasteiger partial charge in [-0.3, -0.25) is 9.59 Å². The maximum atomic E-state index is 13.6. The lowest BCUT2D eigenvalue weighted by Gasteiger charge is -2.43. The molecule has 1 heterocycles. The molecule has 3 aliphatic rings. The molecule has 1 unspecified atom stereocenters. The number of hydrogen-bond acceptors (Lipinski definition) is 5. The van der Waals surface area contributed by atoms with E-state index in [4.69, 9.17) is 4.74 Å². The summed E-state index contributed by atoms with van der Waals surface area (Å²) < 4.78 is 5.51. The van der Waals surface area contributed by atoms with Gasteiger partial charge in [-0.25, -0.2) is 4.79 Å². The summed E-state index contributed by atoms with van der Waals surface area (Å²) in [6, 6.07) is 6.37. The van der Waals surface area contributed by atoms with Crippen LogP contribution in [0.5, 0.6) is 0 Å². The molecule has 1 aromatic carbocycles. The van der Waals surface area contributed by atoms with E-state index in [1.165, 1.54) is 0 Å². The smallest absolute Gasteiger partial charge is 0.410 e. The Labute approximate surface area is 246 Å². The molecule has 1 saturated heterocycles. The van der Waals surface area contributed by atoms with Crippen molar-refractivity contribution >= 4 is 17.9 Å². The highest BCUT2D eigenvalue weighted by molar-refractivity contribution is 5.87. The Morgan fingerprint density at radius 1 is 0.951 bits per heavy atom. The maximum Gasteiger partial charge on any atom is 0.410 e. The number of aliphatic hydroxyl groups excluding tert-OH is 1. The highest BCUT2D eigenvalue weighted by Gasteiger charge is 2.40. The van der Waals surface area contributed by atoms with Crippen LogP contribution in [0.25, 0.3) is 0 Å². The number of aliphatic hydroxyl groups is 1. The predicted octanol–water partition coefficient (Wildman–Crippen LogP) is 4.73. The van der Waals surface area contributed by atoms with Crippen molar-refractivity contribution in [2.75, 3.05) is 26.2 Å². The number of hydrogen-bond donors (Lipinski definition) is 2. The lowest BCUT2D eigenvalue weighted by Crippen LogP contribution is -2.51. The highest BCUT2D eigenvalue weighted by Crippen LogP contribution is 2.40. The highest BCUT2D eigenvalue weighted by atomic mass is 16.6. The quantitative estimate of drug-likeness (QED) is 0.516. The third-order valence-electron chi connectivity index (χ3n) is 9.14. The molecule has 2 aliphatic carbocycles. The van der Waals surface area contributed by atoms with E-state index in [9.17, 15) is 19.5 Å². The number of nitrogens with one attached hydrogen (secondary N) is 1. The van der Waals surface area contributed by atoms with Crippen LogP contribution in [0.1, 0.15) is 96.3 Å². The molecule has 4 rings (SSSR count). The SMILES string of the molecule is Cc1cc(CCC(=O)N2CCCN(C(=O)OC(C)(C)C)CC2)cc(C(C)(C)C(=O)N[C@@H]2CCC3C[C@H](O)C[C@H]2C3)c1. The Balaban J connectivity index is 1.34. The molecule has 4 atom stereocenters. The first-order chi connectivity index (χ1) is 19.2. The summed E-state index contributed by atoms with van der Waals surface area (Å²) in [5.74, 6) is 1.05. The van der Waals surface area contributed by atoms with E-state index in [-0.39, 0.29) is 30.1 Å². The van der Waals surface area contributed by atoms with Gasteiger partial charge < -0.3 is 25.0 Å². The Bertz CT molecular complexity index is 1110. The lowest BCUT2D eigenvalue weighted by molar-refractivity contribution is -0.131. The van der Waals surface area contributed by atoms with Crippen LogP contribution in [-0.4, -0.2) is 76.7 Å². The van der Waals surface area contributed by atoms with Crippen molar-refractivity contribution in [2.24, 2.45) is 11.8 Å². The molecule has 3 amide bonds. The van der Waals surface area contributed by atoms with Gasteiger partial charge in [-0.1, -0.05) is 23.8 Å². The first-order valence-corrected chi connectivity index (χ1v) is 15.6. The normalized spacial score (nSPS) is 25.3. The van der Waals surface area contributed by atoms with Crippen molar-refractivity contribution in [3.8, 4) is 0 Å². The van der Waals surface area contributed by atoms with Crippen LogP contribution in [0.3, 0.4) is 0 Å². The molecule has 2 N–H and O–H groups in total. The van der Waals surface area contributed by atoms with Gasteiger partial charge in [0.25, 0.3) is 0 Å². The van der Waals surface area contributed by atoms with Gasteiger partial charge in [-0.15, -0.1) is 0 Å². The fourth-order valence-electron chi connectivity index (χ4n) is 6.79. The topological polar surface area (TPSA) is 99.2 Å². The minimum atomic E-state index is -0.717. The van der Waals surface area contributed by atoms with E-state index in [2.05, 4.69) is 23.5 Å². The summed E-state index contributed by atoms with van der Waals surface area (Å²) in [5.41, 5.74) is 1.82. The molecular formula is C33H51N3O5. The predicted molar refractivity (Wildman–Crippen MR) is 160 cm³/mol.